The molecule has 1 atom stereocenters. The molecule has 0 spiro atoms. The van der Waals surface area contributed by atoms with Crippen LogP contribution in [-0.2, 0) is 0 Å². The Balaban J connectivity index is 2.73. The molecule has 0 aromatic heterocycles. The van der Waals surface area contributed by atoms with Gasteiger partial charge in [-0.2, -0.15) is 5.26 Å². The summed E-state index contributed by atoms with van der Waals surface area (Å²) >= 11 is 0. The molecule has 0 heterocycles. The average molecular weight is 148 g/mol. The minimum atomic E-state index is -0.0463. The zero-order valence-electron chi connectivity index (χ0n) is 5.94. The van der Waals surface area contributed by atoms with Crippen LogP contribution in [-0.4, -0.2) is 10.9 Å². The highest BCUT2D eigenvalue weighted by Gasteiger charge is 2.12. The molecule has 1 aliphatic rings. The van der Waals surface area contributed by atoms with E-state index >= 15 is 0 Å². The van der Waals surface area contributed by atoms with Crippen molar-refractivity contribution >= 4 is 5.71 Å². The summed E-state index contributed by atoms with van der Waals surface area (Å²) in [7, 11) is 0. The molecular weight excluding hydrogens is 140 g/mol. The molecule has 0 bridgehead atoms. The first-order valence-electron chi connectivity index (χ1n) is 3.32. The molecular formula is C8H8N2O. The van der Waals surface area contributed by atoms with Gasteiger partial charge in [0.05, 0.1) is 11.8 Å². The highest BCUT2D eigenvalue weighted by Crippen LogP contribution is 2.12. The predicted octanol–water partition coefficient (Wildman–Crippen LogP) is 1.47. The Kier molecular flexibility index (Phi) is 2.45. The maximum Gasteiger partial charge on any atom is 0.0874 e. The van der Waals surface area contributed by atoms with Crippen molar-refractivity contribution in [2.75, 3.05) is 0 Å². The molecule has 0 aromatic rings. The quantitative estimate of drug-likeness (QED) is 0.452. The molecule has 0 saturated heterocycles. The molecule has 0 radical (unpaired) electrons. The summed E-state index contributed by atoms with van der Waals surface area (Å²) in [6.07, 6.45) is 7.53. The highest BCUT2D eigenvalue weighted by molar-refractivity contribution is 5.98. The standard InChI is InChI=1S/C8H8N2O/c9-6-5-7-3-1-2-4-8(7)10-11/h1-4,7,11H,5H2/b10-8-. The SMILES string of the molecule is N#CCC1C=CC=C/C1=N/O. The normalized spacial score (nSPS) is 25.4. The van der Waals surface area contributed by atoms with Gasteiger partial charge in [-0.1, -0.05) is 23.4 Å². The van der Waals surface area contributed by atoms with Crippen molar-refractivity contribution < 1.29 is 5.21 Å². The first kappa shape index (κ1) is 7.55. The van der Waals surface area contributed by atoms with Gasteiger partial charge in [-0.25, -0.2) is 0 Å². The third kappa shape index (κ3) is 1.68. The Morgan fingerprint density at radius 3 is 3.09 bits per heavy atom. The summed E-state index contributed by atoms with van der Waals surface area (Å²) in [5, 5.41) is 19.9. The van der Waals surface area contributed by atoms with E-state index < -0.39 is 0 Å². The Labute approximate surface area is 64.9 Å². The van der Waals surface area contributed by atoms with E-state index in [0.717, 1.165) is 0 Å². The van der Waals surface area contributed by atoms with Crippen molar-refractivity contribution in [3.8, 4) is 6.07 Å². The van der Waals surface area contributed by atoms with Gasteiger partial charge in [0.1, 0.15) is 0 Å². The van der Waals surface area contributed by atoms with Gasteiger partial charge in [0.15, 0.2) is 0 Å². The summed E-state index contributed by atoms with van der Waals surface area (Å²) < 4.78 is 0. The molecule has 11 heavy (non-hydrogen) atoms. The summed E-state index contributed by atoms with van der Waals surface area (Å²) in [4.78, 5) is 0. The van der Waals surface area contributed by atoms with Gasteiger partial charge in [-0.05, 0) is 6.08 Å². The van der Waals surface area contributed by atoms with Gasteiger partial charge in [-0.3, -0.25) is 0 Å². The maximum absolute atomic E-state index is 8.48. The van der Waals surface area contributed by atoms with E-state index in [9.17, 15) is 0 Å². The van der Waals surface area contributed by atoms with Crippen LogP contribution < -0.4 is 0 Å². The van der Waals surface area contributed by atoms with Gasteiger partial charge in [0, 0.05) is 12.3 Å². The fourth-order valence-electron chi connectivity index (χ4n) is 0.953. The third-order valence-electron chi connectivity index (χ3n) is 1.53. The lowest BCUT2D eigenvalue weighted by Crippen LogP contribution is -2.11. The van der Waals surface area contributed by atoms with E-state index in [1.807, 2.05) is 18.2 Å². The third-order valence-corrected chi connectivity index (χ3v) is 1.53. The second kappa shape index (κ2) is 3.57. The van der Waals surface area contributed by atoms with E-state index in [2.05, 4.69) is 5.16 Å². The lowest BCUT2D eigenvalue weighted by atomic mass is 9.96. The lowest BCUT2D eigenvalue weighted by Gasteiger charge is -2.08. The molecule has 1 unspecified atom stereocenters. The van der Waals surface area contributed by atoms with Gasteiger partial charge in [0.25, 0.3) is 0 Å². The molecule has 0 aromatic carbocycles. The van der Waals surface area contributed by atoms with Crippen molar-refractivity contribution in [2.45, 2.75) is 6.42 Å². The van der Waals surface area contributed by atoms with E-state index in [4.69, 9.17) is 10.5 Å². The zero-order valence-corrected chi connectivity index (χ0v) is 5.94. The first-order valence-corrected chi connectivity index (χ1v) is 3.32. The molecule has 0 amide bonds. The Hall–Kier alpha value is -1.56. The van der Waals surface area contributed by atoms with Crippen LogP contribution in [0, 0.1) is 17.2 Å². The fourth-order valence-corrected chi connectivity index (χ4v) is 0.953. The van der Waals surface area contributed by atoms with Gasteiger partial charge in [0.2, 0.25) is 0 Å². The molecule has 1 N–H and O–H groups in total. The Morgan fingerprint density at radius 1 is 1.64 bits per heavy atom. The monoisotopic (exact) mass is 148 g/mol. The number of hydrogen-bond donors (Lipinski definition) is 1. The van der Waals surface area contributed by atoms with Crippen LogP contribution in [0.1, 0.15) is 6.42 Å². The van der Waals surface area contributed by atoms with Crippen LogP contribution in [0.15, 0.2) is 29.5 Å². The van der Waals surface area contributed by atoms with Crippen LogP contribution in [0.25, 0.3) is 0 Å². The number of allylic oxidation sites excluding steroid dienone is 4. The number of nitriles is 1. The minimum absolute atomic E-state index is 0.0463. The number of oxime groups is 1. The van der Waals surface area contributed by atoms with Crippen LogP contribution in [0.4, 0.5) is 0 Å². The van der Waals surface area contributed by atoms with Gasteiger partial charge < -0.3 is 5.21 Å². The topological polar surface area (TPSA) is 56.4 Å². The van der Waals surface area contributed by atoms with E-state index in [-0.39, 0.29) is 5.92 Å². The predicted molar refractivity (Wildman–Crippen MR) is 41.2 cm³/mol. The Morgan fingerprint density at radius 2 is 2.45 bits per heavy atom. The molecule has 3 heteroatoms. The second-order valence-electron chi connectivity index (χ2n) is 2.24. The van der Waals surface area contributed by atoms with E-state index in [0.29, 0.717) is 12.1 Å². The smallest absolute Gasteiger partial charge is 0.0874 e. The second-order valence-corrected chi connectivity index (χ2v) is 2.24. The van der Waals surface area contributed by atoms with Crippen molar-refractivity contribution in [2.24, 2.45) is 11.1 Å². The van der Waals surface area contributed by atoms with Crippen LogP contribution in [0.2, 0.25) is 0 Å². The van der Waals surface area contributed by atoms with Crippen molar-refractivity contribution in [1.82, 2.24) is 0 Å². The number of rotatable bonds is 1. The average Bonchev–Trinajstić information content (AvgIpc) is 2.06. The summed E-state index contributed by atoms with van der Waals surface area (Å²) in [6, 6.07) is 2.02. The van der Waals surface area contributed by atoms with Crippen molar-refractivity contribution in [3.05, 3.63) is 24.3 Å². The summed E-state index contributed by atoms with van der Waals surface area (Å²) in [5.74, 6) is -0.0463. The number of hydrogen-bond acceptors (Lipinski definition) is 3. The highest BCUT2D eigenvalue weighted by atomic mass is 16.4. The summed E-state index contributed by atoms with van der Waals surface area (Å²) in [6.45, 7) is 0. The first-order chi connectivity index (χ1) is 5.38. The van der Waals surface area contributed by atoms with Crippen LogP contribution in [0.3, 0.4) is 0 Å². The molecule has 1 rings (SSSR count). The zero-order chi connectivity index (χ0) is 8.10. The Bertz CT molecular complexity index is 258. The maximum atomic E-state index is 8.48. The molecule has 56 valence electrons. The van der Waals surface area contributed by atoms with Gasteiger partial charge in [-0.15, -0.1) is 0 Å². The molecule has 1 aliphatic carbocycles. The number of nitrogens with zero attached hydrogens (tertiary/aromatic N) is 2. The fraction of sp³-hybridized carbons (Fsp3) is 0.250. The minimum Gasteiger partial charge on any atom is -0.411 e. The van der Waals surface area contributed by atoms with E-state index in [1.54, 1.807) is 12.2 Å². The largest absolute Gasteiger partial charge is 0.411 e. The van der Waals surface area contributed by atoms with Crippen molar-refractivity contribution in [1.29, 1.82) is 5.26 Å². The van der Waals surface area contributed by atoms with E-state index in [1.165, 1.54) is 0 Å². The van der Waals surface area contributed by atoms with Crippen molar-refractivity contribution in [3.63, 3.8) is 0 Å². The molecule has 3 nitrogen and oxygen atoms in total. The molecule has 0 saturated carbocycles. The summed E-state index contributed by atoms with van der Waals surface area (Å²) in [5.41, 5.74) is 0.550. The molecule has 0 fully saturated rings. The van der Waals surface area contributed by atoms with Gasteiger partial charge >= 0.3 is 0 Å². The lowest BCUT2D eigenvalue weighted by molar-refractivity contribution is 0.317. The molecule has 0 aliphatic heterocycles. The van der Waals surface area contributed by atoms with Crippen LogP contribution >= 0.6 is 0 Å². The van der Waals surface area contributed by atoms with Crippen LogP contribution in [0.5, 0.6) is 0 Å².